The predicted molar refractivity (Wildman–Crippen MR) is 105 cm³/mol. The standard InChI is InChI=1S/C20H21N3O2S/c1-3-11-23-18-10-5-4-9-17(18)22-20(23)26-14-19(24)21-13-15-7-6-8-16(12-15)25-2/h3-10,12H,1,11,13-14H2,2H3,(H,21,24). The number of rotatable bonds is 8. The maximum Gasteiger partial charge on any atom is 0.230 e. The van der Waals surface area contributed by atoms with Crippen LogP contribution in [0.3, 0.4) is 0 Å². The number of nitrogens with zero attached hydrogens (tertiary/aromatic N) is 2. The summed E-state index contributed by atoms with van der Waals surface area (Å²) in [6, 6.07) is 15.6. The van der Waals surface area contributed by atoms with Crippen molar-refractivity contribution in [2.75, 3.05) is 12.9 Å². The summed E-state index contributed by atoms with van der Waals surface area (Å²) in [6.45, 7) is 4.94. The van der Waals surface area contributed by atoms with E-state index in [1.54, 1.807) is 7.11 Å². The number of thioether (sulfide) groups is 1. The Morgan fingerprint density at radius 1 is 1.31 bits per heavy atom. The number of amides is 1. The fraction of sp³-hybridized carbons (Fsp3) is 0.200. The van der Waals surface area contributed by atoms with E-state index in [1.165, 1.54) is 11.8 Å². The van der Waals surface area contributed by atoms with Crippen molar-refractivity contribution in [3.05, 3.63) is 66.7 Å². The number of methoxy groups -OCH3 is 1. The smallest absolute Gasteiger partial charge is 0.230 e. The number of carbonyl (C=O) groups excluding carboxylic acids is 1. The highest BCUT2D eigenvalue weighted by Gasteiger charge is 2.12. The Kier molecular flexibility index (Phi) is 5.96. The molecule has 0 aliphatic carbocycles. The number of nitrogens with one attached hydrogen (secondary N) is 1. The third-order valence-electron chi connectivity index (χ3n) is 3.89. The highest BCUT2D eigenvalue weighted by molar-refractivity contribution is 7.99. The third kappa shape index (κ3) is 4.26. The second kappa shape index (κ2) is 8.58. The van der Waals surface area contributed by atoms with Crippen molar-refractivity contribution < 1.29 is 9.53 Å². The van der Waals surface area contributed by atoms with Crippen molar-refractivity contribution in [2.45, 2.75) is 18.2 Å². The first-order chi connectivity index (χ1) is 12.7. The average Bonchev–Trinajstić information content (AvgIpc) is 3.03. The lowest BCUT2D eigenvalue weighted by Crippen LogP contribution is -2.24. The zero-order valence-corrected chi connectivity index (χ0v) is 15.5. The summed E-state index contributed by atoms with van der Waals surface area (Å²) in [7, 11) is 1.63. The van der Waals surface area contributed by atoms with Gasteiger partial charge in [-0.15, -0.1) is 6.58 Å². The van der Waals surface area contributed by atoms with Crippen LogP contribution in [0, 0.1) is 0 Å². The Labute approximate surface area is 157 Å². The van der Waals surface area contributed by atoms with Gasteiger partial charge in [0, 0.05) is 13.1 Å². The molecule has 3 aromatic rings. The van der Waals surface area contributed by atoms with Gasteiger partial charge in [0.25, 0.3) is 0 Å². The summed E-state index contributed by atoms with van der Waals surface area (Å²) in [6.07, 6.45) is 1.83. The highest BCUT2D eigenvalue weighted by atomic mass is 32.2. The highest BCUT2D eigenvalue weighted by Crippen LogP contribution is 2.24. The number of benzene rings is 2. The Morgan fingerprint density at radius 2 is 2.15 bits per heavy atom. The molecule has 0 aliphatic heterocycles. The molecule has 0 aliphatic rings. The Hall–Kier alpha value is -2.73. The van der Waals surface area contributed by atoms with E-state index in [9.17, 15) is 4.79 Å². The van der Waals surface area contributed by atoms with Gasteiger partial charge < -0.3 is 14.6 Å². The number of allylic oxidation sites excluding steroid dienone is 1. The van der Waals surface area contributed by atoms with E-state index in [0.29, 0.717) is 18.8 Å². The Balaban J connectivity index is 1.61. The van der Waals surface area contributed by atoms with E-state index in [2.05, 4.69) is 21.4 Å². The van der Waals surface area contributed by atoms with Gasteiger partial charge in [-0.2, -0.15) is 0 Å². The topological polar surface area (TPSA) is 56.2 Å². The number of para-hydroxylation sites is 2. The van der Waals surface area contributed by atoms with Gasteiger partial charge in [-0.05, 0) is 29.8 Å². The molecule has 0 atom stereocenters. The molecule has 1 heterocycles. The van der Waals surface area contributed by atoms with Crippen LogP contribution >= 0.6 is 11.8 Å². The number of imidazole rings is 1. The summed E-state index contributed by atoms with van der Waals surface area (Å²) in [5.41, 5.74) is 2.97. The number of aromatic nitrogens is 2. The van der Waals surface area contributed by atoms with Gasteiger partial charge >= 0.3 is 0 Å². The van der Waals surface area contributed by atoms with Gasteiger partial charge in [0.2, 0.25) is 5.91 Å². The Morgan fingerprint density at radius 3 is 2.96 bits per heavy atom. The minimum atomic E-state index is -0.0324. The first-order valence-electron chi connectivity index (χ1n) is 8.30. The molecule has 1 N–H and O–H groups in total. The zero-order valence-electron chi connectivity index (χ0n) is 14.6. The van der Waals surface area contributed by atoms with Gasteiger partial charge in [-0.3, -0.25) is 4.79 Å². The third-order valence-corrected chi connectivity index (χ3v) is 4.86. The number of fused-ring (bicyclic) bond motifs is 1. The van der Waals surface area contributed by atoms with Crippen molar-refractivity contribution >= 4 is 28.7 Å². The van der Waals surface area contributed by atoms with Crippen molar-refractivity contribution in [1.29, 1.82) is 0 Å². The molecule has 0 saturated heterocycles. The van der Waals surface area contributed by atoms with Gasteiger partial charge in [-0.25, -0.2) is 4.98 Å². The molecule has 3 rings (SSSR count). The summed E-state index contributed by atoms with van der Waals surface area (Å²) < 4.78 is 7.27. The largest absolute Gasteiger partial charge is 0.497 e. The molecule has 6 heteroatoms. The van der Waals surface area contributed by atoms with Crippen LogP contribution in [0.2, 0.25) is 0 Å². The fourth-order valence-corrected chi connectivity index (χ4v) is 3.49. The molecule has 0 bridgehead atoms. The predicted octanol–water partition coefficient (Wildman–Crippen LogP) is 3.64. The van der Waals surface area contributed by atoms with E-state index in [-0.39, 0.29) is 5.91 Å². The van der Waals surface area contributed by atoms with E-state index >= 15 is 0 Å². The SMILES string of the molecule is C=CCn1c(SCC(=O)NCc2cccc(OC)c2)nc2ccccc21. The summed E-state index contributed by atoms with van der Waals surface area (Å²) in [4.78, 5) is 16.8. The second-order valence-electron chi connectivity index (χ2n) is 5.70. The van der Waals surface area contributed by atoms with Gasteiger partial charge in [0.1, 0.15) is 5.75 Å². The molecule has 0 unspecified atom stereocenters. The molecule has 26 heavy (non-hydrogen) atoms. The van der Waals surface area contributed by atoms with E-state index < -0.39 is 0 Å². The molecule has 134 valence electrons. The maximum absolute atomic E-state index is 12.2. The summed E-state index contributed by atoms with van der Waals surface area (Å²) >= 11 is 1.43. The van der Waals surface area contributed by atoms with Crippen LogP contribution in [-0.2, 0) is 17.9 Å². The van der Waals surface area contributed by atoms with Crippen LogP contribution in [0.15, 0.2) is 66.3 Å². The second-order valence-corrected chi connectivity index (χ2v) is 6.64. The maximum atomic E-state index is 12.2. The van der Waals surface area contributed by atoms with Crippen LogP contribution in [0.5, 0.6) is 5.75 Å². The lowest BCUT2D eigenvalue weighted by Gasteiger charge is -2.08. The molecular formula is C20H21N3O2S. The van der Waals surface area contributed by atoms with Gasteiger partial charge in [-0.1, -0.05) is 42.1 Å². The van der Waals surface area contributed by atoms with Crippen LogP contribution in [0.4, 0.5) is 0 Å². The molecule has 0 radical (unpaired) electrons. The monoisotopic (exact) mass is 367 g/mol. The first-order valence-corrected chi connectivity index (χ1v) is 9.28. The molecule has 0 fully saturated rings. The summed E-state index contributed by atoms with van der Waals surface area (Å²) in [5.74, 6) is 1.06. The zero-order chi connectivity index (χ0) is 18.4. The Bertz CT molecular complexity index is 920. The average molecular weight is 367 g/mol. The van der Waals surface area contributed by atoms with Crippen molar-refractivity contribution in [1.82, 2.24) is 14.9 Å². The molecule has 2 aromatic carbocycles. The molecule has 0 saturated carbocycles. The van der Waals surface area contributed by atoms with E-state index in [0.717, 1.165) is 27.5 Å². The molecule has 0 spiro atoms. The minimum Gasteiger partial charge on any atom is -0.497 e. The van der Waals surface area contributed by atoms with Crippen LogP contribution in [0.25, 0.3) is 11.0 Å². The van der Waals surface area contributed by atoms with E-state index in [1.807, 2.05) is 54.6 Å². The first kappa shape index (κ1) is 18.1. The molecule has 5 nitrogen and oxygen atoms in total. The van der Waals surface area contributed by atoms with Crippen LogP contribution in [0.1, 0.15) is 5.56 Å². The number of hydrogen-bond donors (Lipinski definition) is 1. The minimum absolute atomic E-state index is 0.0324. The van der Waals surface area contributed by atoms with Crippen molar-refractivity contribution in [3.8, 4) is 5.75 Å². The molecule has 1 aromatic heterocycles. The van der Waals surface area contributed by atoms with Gasteiger partial charge in [0.05, 0.1) is 23.9 Å². The lowest BCUT2D eigenvalue weighted by molar-refractivity contribution is -0.118. The number of ether oxygens (including phenoxy) is 1. The fourth-order valence-electron chi connectivity index (χ4n) is 2.63. The van der Waals surface area contributed by atoms with Gasteiger partial charge in [0.15, 0.2) is 5.16 Å². The lowest BCUT2D eigenvalue weighted by atomic mass is 10.2. The van der Waals surface area contributed by atoms with Crippen molar-refractivity contribution in [3.63, 3.8) is 0 Å². The molecule has 1 amide bonds. The van der Waals surface area contributed by atoms with E-state index in [4.69, 9.17) is 4.74 Å². The number of hydrogen-bond acceptors (Lipinski definition) is 4. The molecular weight excluding hydrogens is 346 g/mol. The van der Waals surface area contributed by atoms with Crippen LogP contribution < -0.4 is 10.1 Å². The normalized spacial score (nSPS) is 10.7. The quantitative estimate of drug-likeness (QED) is 0.488. The summed E-state index contributed by atoms with van der Waals surface area (Å²) in [5, 5.41) is 3.76. The van der Waals surface area contributed by atoms with Crippen molar-refractivity contribution in [2.24, 2.45) is 0 Å². The van der Waals surface area contributed by atoms with Crippen LogP contribution in [-0.4, -0.2) is 28.3 Å². The number of carbonyl (C=O) groups is 1.